The van der Waals surface area contributed by atoms with Crippen LogP contribution in [0.4, 0.5) is 49.1 Å². The van der Waals surface area contributed by atoms with Gasteiger partial charge >= 0.3 is 24.3 Å². The lowest BCUT2D eigenvalue weighted by Gasteiger charge is -2.15. The maximum atomic E-state index is 12.7. The second-order valence-corrected chi connectivity index (χ2v) is 6.64. The minimum Gasteiger partial charge on any atom is -0.465 e. The van der Waals surface area contributed by atoms with Crippen LogP contribution in [0.25, 0.3) is 0 Å². The Kier molecular flexibility index (Phi) is 9.48. The van der Waals surface area contributed by atoms with Crippen LogP contribution < -0.4 is 16.4 Å². The minimum atomic E-state index is -4.78. The molecule has 4 N–H and O–H groups in total. The fraction of sp³-hybridized carbons (Fsp3) is 0.300. The van der Waals surface area contributed by atoms with Gasteiger partial charge in [-0.1, -0.05) is 0 Å². The Morgan fingerprint density at radius 2 is 1.22 bits per heavy atom. The van der Waals surface area contributed by atoms with E-state index in [-0.39, 0.29) is 16.9 Å². The number of carbonyl (C=O) groups excluding carboxylic acids is 2. The van der Waals surface area contributed by atoms with Crippen molar-refractivity contribution in [3.8, 4) is 0 Å². The van der Waals surface area contributed by atoms with Crippen molar-refractivity contribution in [3.63, 3.8) is 0 Å². The van der Waals surface area contributed by atoms with Gasteiger partial charge in [-0.05, 0) is 18.2 Å². The van der Waals surface area contributed by atoms with Crippen molar-refractivity contribution >= 4 is 34.7 Å². The third-order valence-corrected chi connectivity index (χ3v) is 4.48. The van der Waals surface area contributed by atoms with Crippen molar-refractivity contribution in [1.29, 1.82) is 0 Å². The quantitative estimate of drug-likeness (QED) is 0.168. The number of alkyl halides is 6. The molecular weight excluding hydrogens is 506 g/mol. The monoisotopic (exact) mass is 526 g/mol. The van der Waals surface area contributed by atoms with Gasteiger partial charge < -0.3 is 25.8 Å². The Bertz CT molecular complexity index is 1150. The smallest absolute Gasteiger partial charge is 0.418 e. The first-order valence-electron chi connectivity index (χ1n) is 9.45. The van der Waals surface area contributed by atoms with Gasteiger partial charge in [-0.3, -0.25) is 10.1 Å². The van der Waals surface area contributed by atoms with Crippen LogP contribution in [0.5, 0.6) is 0 Å². The number of nitro benzene ring substituents is 1. The molecule has 10 nitrogen and oxygen atoms in total. The average molecular weight is 526 g/mol. The van der Waals surface area contributed by atoms with Gasteiger partial charge in [0, 0.05) is 37.2 Å². The second kappa shape index (κ2) is 11.5. The molecule has 0 fully saturated rings. The number of nitrogen functional groups attached to an aromatic ring is 1. The summed E-state index contributed by atoms with van der Waals surface area (Å²) in [7, 11) is 4.63. The first kappa shape index (κ1) is 29.8. The molecule has 0 aliphatic rings. The summed E-state index contributed by atoms with van der Waals surface area (Å²) in [6, 6.07) is 2.77. The number of anilines is 3. The molecule has 2 aromatic rings. The van der Waals surface area contributed by atoms with Crippen LogP contribution in [-0.2, 0) is 21.8 Å². The number of rotatable bonds is 5. The molecule has 0 aromatic heterocycles. The number of nitrogens with two attached hydrogens (primary N) is 1. The van der Waals surface area contributed by atoms with Crippen LogP contribution in [0.3, 0.4) is 0 Å². The number of hydrogen-bond acceptors (Lipinski definition) is 9. The maximum absolute atomic E-state index is 12.7. The Balaban J connectivity index is 0.000000362. The first-order valence-corrected chi connectivity index (χ1v) is 9.45. The molecule has 0 spiro atoms. The molecule has 0 heterocycles. The second-order valence-electron chi connectivity index (χ2n) is 6.64. The SMILES string of the molecule is CNc1cc(C(=O)OC)c(N)cc1C(F)(F)F.CNc1cc(C(=O)OC)c([N+](=O)[O-])cc1C(F)(F)F. The number of benzene rings is 2. The van der Waals surface area contributed by atoms with E-state index in [2.05, 4.69) is 20.1 Å². The molecule has 0 radical (unpaired) electrons. The molecule has 2 aromatic carbocycles. The number of esters is 2. The van der Waals surface area contributed by atoms with Crippen molar-refractivity contribution < 1.29 is 50.3 Å². The topological polar surface area (TPSA) is 146 Å². The molecule has 198 valence electrons. The zero-order valence-corrected chi connectivity index (χ0v) is 19.1. The van der Waals surface area contributed by atoms with Crippen LogP contribution in [0.15, 0.2) is 24.3 Å². The highest BCUT2D eigenvalue weighted by molar-refractivity contribution is 5.97. The summed E-state index contributed by atoms with van der Waals surface area (Å²) < 4.78 is 84.7. The van der Waals surface area contributed by atoms with Gasteiger partial charge in [0.25, 0.3) is 5.69 Å². The van der Waals surface area contributed by atoms with E-state index in [1.165, 1.54) is 14.1 Å². The summed E-state index contributed by atoms with van der Waals surface area (Å²) in [5.74, 6) is -1.87. The standard InChI is InChI=1S/C10H9F3N2O4.C10H11F3N2O2/c1-14-7-3-5(9(16)19-2)8(15(17)18)4-6(7)10(11,12)13;1-15-8-3-5(9(16)17-2)7(14)4-6(8)10(11,12)13/h3-4,14H,1-2H3;3-4,15H,14H2,1-2H3. The molecule has 0 atom stereocenters. The molecule has 36 heavy (non-hydrogen) atoms. The van der Waals surface area contributed by atoms with E-state index in [1.807, 2.05) is 0 Å². The highest BCUT2D eigenvalue weighted by Crippen LogP contribution is 2.39. The number of ether oxygens (including phenoxy) is 2. The lowest BCUT2D eigenvalue weighted by molar-refractivity contribution is -0.385. The van der Waals surface area contributed by atoms with Gasteiger partial charge in [0.05, 0.1) is 35.8 Å². The summed E-state index contributed by atoms with van der Waals surface area (Å²) in [6.07, 6.45) is -9.32. The van der Waals surface area contributed by atoms with Crippen LogP contribution in [0.1, 0.15) is 31.8 Å². The molecule has 0 aliphatic carbocycles. The van der Waals surface area contributed by atoms with Gasteiger partial charge in [0.1, 0.15) is 5.56 Å². The average Bonchev–Trinajstić information content (AvgIpc) is 2.81. The number of nitro groups is 1. The van der Waals surface area contributed by atoms with Crippen molar-refractivity contribution in [1.82, 2.24) is 0 Å². The van der Waals surface area contributed by atoms with Gasteiger partial charge in [0.2, 0.25) is 0 Å². The molecule has 0 saturated carbocycles. The van der Waals surface area contributed by atoms with Crippen molar-refractivity contribution in [2.45, 2.75) is 12.4 Å². The largest absolute Gasteiger partial charge is 0.465 e. The third kappa shape index (κ3) is 6.89. The van der Waals surface area contributed by atoms with Crippen molar-refractivity contribution in [3.05, 3.63) is 56.6 Å². The summed E-state index contributed by atoms with van der Waals surface area (Å²) in [6.45, 7) is 0. The van der Waals surface area contributed by atoms with E-state index < -0.39 is 57.3 Å². The Morgan fingerprint density at radius 1 is 0.833 bits per heavy atom. The molecular formula is C20H20F6N4O6. The Labute approximate surface area is 199 Å². The molecule has 0 unspecified atom stereocenters. The highest BCUT2D eigenvalue weighted by Gasteiger charge is 2.37. The lowest BCUT2D eigenvalue weighted by Crippen LogP contribution is -2.13. The zero-order chi connectivity index (χ0) is 28.0. The normalized spacial score (nSPS) is 11.1. The number of nitrogens with one attached hydrogen (secondary N) is 2. The zero-order valence-electron chi connectivity index (χ0n) is 19.1. The fourth-order valence-corrected chi connectivity index (χ4v) is 2.80. The van der Waals surface area contributed by atoms with Gasteiger partial charge in [-0.15, -0.1) is 0 Å². The van der Waals surface area contributed by atoms with Crippen LogP contribution in [0.2, 0.25) is 0 Å². The fourth-order valence-electron chi connectivity index (χ4n) is 2.80. The van der Waals surface area contributed by atoms with Gasteiger partial charge in [0.15, 0.2) is 0 Å². The summed E-state index contributed by atoms with van der Waals surface area (Å²) in [4.78, 5) is 32.2. The summed E-state index contributed by atoms with van der Waals surface area (Å²) >= 11 is 0. The molecule has 0 saturated heterocycles. The number of halogens is 6. The number of methoxy groups -OCH3 is 2. The van der Waals surface area contributed by atoms with E-state index in [4.69, 9.17) is 5.73 Å². The number of carbonyl (C=O) groups is 2. The minimum absolute atomic E-state index is 0.107. The summed E-state index contributed by atoms with van der Waals surface area (Å²) in [5, 5.41) is 15.3. The van der Waals surface area contributed by atoms with Gasteiger partial charge in [-0.2, -0.15) is 26.3 Å². The van der Waals surface area contributed by atoms with E-state index in [1.54, 1.807) is 0 Å². The van der Waals surface area contributed by atoms with Crippen LogP contribution in [0, 0.1) is 10.1 Å². The highest BCUT2D eigenvalue weighted by atomic mass is 19.4. The lowest BCUT2D eigenvalue weighted by atomic mass is 10.1. The van der Waals surface area contributed by atoms with Crippen molar-refractivity contribution in [2.24, 2.45) is 0 Å². The van der Waals surface area contributed by atoms with Crippen molar-refractivity contribution in [2.75, 3.05) is 44.7 Å². The van der Waals surface area contributed by atoms with Crippen LogP contribution >= 0.6 is 0 Å². The van der Waals surface area contributed by atoms with E-state index in [9.17, 15) is 46.0 Å². The number of hydrogen-bond donors (Lipinski definition) is 3. The number of nitrogens with zero attached hydrogens (tertiary/aromatic N) is 1. The predicted octanol–water partition coefficient (Wildman–Crippen LogP) is 4.56. The molecule has 0 bridgehead atoms. The summed E-state index contributed by atoms with van der Waals surface area (Å²) in [5.41, 5.74) is 0.668. The van der Waals surface area contributed by atoms with Crippen LogP contribution in [-0.4, -0.2) is 45.2 Å². The third-order valence-electron chi connectivity index (χ3n) is 4.48. The van der Waals surface area contributed by atoms with E-state index >= 15 is 0 Å². The van der Waals surface area contributed by atoms with E-state index in [0.717, 1.165) is 26.4 Å². The first-order chi connectivity index (χ1) is 16.5. The molecule has 0 amide bonds. The Morgan fingerprint density at radius 3 is 1.58 bits per heavy atom. The maximum Gasteiger partial charge on any atom is 0.418 e. The molecule has 16 heteroatoms. The Hall–Kier alpha value is -4.24. The van der Waals surface area contributed by atoms with E-state index in [0.29, 0.717) is 12.1 Å². The predicted molar refractivity (Wildman–Crippen MR) is 116 cm³/mol. The van der Waals surface area contributed by atoms with Gasteiger partial charge in [-0.25, -0.2) is 9.59 Å². The molecule has 0 aliphatic heterocycles. The molecule has 2 rings (SSSR count).